The van der Waals surface area contributed by atoms with E-state index in [1.54, 1.807) is 0 Å². The van der Waals surface area contributed by atoms with Crippen molar-refractivity contribution in [2.24, 2.45) is 5.92 Å². The van der Waals surface area contributed by atoms with Crippen LogP contribution in [0.4, 0.5) is 0 Å². The van der Waals surface area contributed by atoms with Crippen molar-refractivity contribution in [3.8, 4) is 0 Å². The molecule has 0 spiro atoms. The topological polar surface area (TPSA) is 32.3 Å². The van der Waals surface area contributed by atoms with Gasteiger partial charge in [0.05, 0.1) is 5.92 Å². The van der Waals surface area contributed by atoms with Gasteiger partial charge in [0.15, 0.2) is 0 Å². The van der Waals surface area contributed by atoms with Gasteiger partial charge in [0.1, 0.15) is 0 Å². The first-order valence-corrected chi connectivity index (χ1v) is 6.34. The van der Waals surface area contributed by atoms with Gasteiger partial charge in [-0.2, -0.15) is 0 Å². The van der Waals surface area contributed by atoms with E-state index in [2.05, 4.69) is 17.1 Å². The summed E-state index contributed by atoms with van der Waals surface area (Å²) in [6.07, 6.45) is 5.78. The Kier molecular flexibility index (Phi) is 3.62. The van der Waals surface area contributed by atoms with E-state index in [1.165, 1.54) is 12.8 Å². The first kappa shape index (κ1) is 10.9. The minimum absolute atomic E-state index is 0.255. The van der Waals surface area contributed by atoms with Crippen LogP contribution in [0.15, 0.2) is 0 Å². The molecule has 1 saturated carbocycles. The van der Waals surface area contributed by atoms with Gasteiger partial charge >= 0.3 is 0 Å². The maximum absolute atomic E-state index is 12.3. The van der Waals surface area contributed by atoms with E-state index in [-0.39, 0.29) is 5.92 Å². The van der Waals surface area contributed by atoms with E-state index >= 15 is 0 Å². The van der Waals surface area contributed by atoms with Crippen LogP contribution in [0.3, 0.4) is 0 Å². The molecule has 1 amide bonds. The Morgan fingerprint density at radius 2 is 2.20 bits per heavy atom. The van der Waals surface area contributed by atoms with Crippen LogP contribution in [0.1, 0.15) is 39.0 Å². The van der Waals surface area contributed by atoms with Gasteiger partial charge in [0, 0.05) is 19.1 Å². The number of carbonyl (C=O) groups is 1. The number of nitrogens with one attached hydrogen (secondary N) is 1. The Balaban J connectivity index is 1.90. The van der Waals surface area contributed by atoms with E-state index < -0.39 is 0 Å². The number of piperidine rings is 1. The monoisotopic (exact) mass is 210 g/mol. The minimum atomic E-state index is 0.255. The van der Waals surface area contributed by atoms with Crippen LogP contribution in [0.5, 0.6) is 0 Å². The summed E-state index contributed by atoms with van der Waals surface area (Å²) < 4.78 is 0. The van der Waals surface area contributed by atoms with Crippen LogP contribution in [0.2, 0.25) is 0 Å². The van der Waals surface area contributed by atoms with Gasteiger partial charge in [-0.05, 0) is 38.6 Å². The van der Waals surface area contributed by atoms with E-state index in [9.17, 15) is 4.79 Å². The van der Waals surface area contributed by atoms with E-state index in [1.807, 2.05) is 0 Å². The summed E-state index contributed by atoms with van der Waals surface area (Å²) in [6.45, 7) is 5.09. The Bertz CT molecular complexity index is 220. The van der Waals surface area contributed by atoms with Crippen LogP contribution in [0, 0.1) is 5.92 Å². The molecule has 3 heteroatoms. The fourth-order valence-electron chi connectivity index (χ4n) is 2.40. The van der Waals surface area contributed by atoms with Crippen molar-refractivity contribution in [2.75, 3.05) is 19.6 Å². The van der Waals surface area contributed by atoms with Crippen molar-refractivity contribution >= 4 is 5.91 Å². The number of hydrogen-bond acceptors (Lipinski definition) is 2. The van der Waals surface area contributed by atoms with Crippen LogP contribution >= 0.6 is 0 Å². The van der Waals surface area contributed by atoms with Crippen molar-refractivity contribution in [1.29, 1.82) is 0 Å². The largest absolute Gasteiger partial charge is 0.339 e. The molecule has 1 aliphatic heterocycles. The van der Waals surface area contributed by atoms with Gasteiger partial charge in [0.2, 0.25) is 5.91 Å². The van der Waals surface area contributed by atoms with Crippen LogP contribution in [-0.2, 0) is 4.79 Å². The van der Waals surface area contributed by atoms with Gasteiger partial charge in [-0.15, -0.1) is 0 Å². The van der Waals surface area contributed by atoms with Crippen LogP contribution in [0.25, 0.3) is 0 Å². The molecule has 0 radical (unpaired) electrons. The molecule has 1 aliphatic carbocycles. The van der Waals surface area contributed by atoms with Crippen molar-refractivity contribution in [2.45, 2.75) is 45.1 Å². The molecule has 1 N–H and O–H groups in total. The third-order valence-corrected chi connectivity index (χ3v) is 3.38. The first-order valence-electron chi connectivity index (χ1n) is 6.34. The normalized spacial score (nSPS) is 26.3. The average Bonchev–Trinajstić information content (AvgIpc) is 3.10. The lowest BCUT2D eigenvalue weighted by Crippen LogP contribution is -2.44. The molecule has 0 aromatic heterocycles. The van der Waals surface area contributed by atoms with E-state index in [0.29, 0.717) is 11.9 Å². The van der Waals surface area contributed by atoms with Gasteiger partial charge in [-0.25, -0.2) is 0 Å². The molecule has 1 saturated heterocycles. The fraction of sp³-hybridized carbons (Fsp3) is 0.917. The van der Waals surface area contributed by atoms with E-state index in [0.717, 1.165) is 38.9 Å². The van der Waals surface area contributed by atoms with Crippen LogP contribution < -0.4 is 5.32 Å². The zero-order valence-electron chi connectivity index (χ0n) is 9.67. The molecular formula is C12H22N2O. The van der Waals surface area contributed by atoms with Gasteiger partial charge in [-0.1, -0.05) is 6.92 Å². The summed E-state index contributed by atoms with van der Waals surface area (Å²) in [5.41, 5.74) is 0. The predicted molar refractivity (Wildman–Crippen MR) is 60.6 cm³/mol. The van der Waals surface area contributed by atoms with Crippen LogP contribution in [-0.4, -0.2) is 36.5 Å². The third-order valence-electron chi connectivity index (χ3n) is 3.38. The molecule has 1 atom stereocenters. The Labute approximate surface area is 92.2 Å². The SMILES string of the molecule is CCCN(C(=O)[C@H]1CCCNC1)C1CC1. The first-order chi connectivity index (χ1) is 7.33. The highest BCUT2D eigenvalue weighted by molar-refractivity contribution is 5.79. The van der Waals surface area contributed by atoms with Gasteiger partial charge in [0.25, 0.3) is 0 Å². The number of rotatable bonds is 4. The summed E-state index contributed by atoms with van der Waals surface area (Å²) in [7, 11) is 0. The molecule has 0 unspecified atom stereocenters. The maximum atomic E-state index is 12.3. The van der Waals surface area contributed by atoms with Crippen molar-refractivity contribution in [3.05, 3.63) is 0 Å². The fourth-order valence-corrected chi connectivity index (χ4v) is 2.40. The molecule has 0 bridgehead atoms. The van der Waals surface area contributed by atoms with Crippen molar-refractivity contribution in [3.63, 3.8) is 0 Å². The van der Waals surface area contributed by atoms with Crippen molar-refractivity contribution in [1.82, 2.24) is 10.2 Å². The Morgan fingerprint density at radius 3 is 2.73 bits per heavy atom. The summed E-state index contributed by atoms with van der Waals surface area (Å²) in [5, 5.41) is 3.32. The predicted octanol–water partition coefficient (Wildman–Crippen LogP) is 1.39. The summed E-state index contributed by atoms with van der Waals surface area (Å²) >= 11 is 0. The summed E-state index contributed by atoms with van der Waals surface area (Å²) in [6, 6.07) is 0.583. The highest BCUT2D eigenvalue weighted by Gasteiger charge is 2.35. The van der Waals surface area contributed by atoms with Gasteiger partial charge < -0.3 is 10.2 Å². The molecule has 15 heavy (non-hydrogen) atoms. The van der Waals surface area contributed by atoms with Crippen molar-refractivity contribution < 1.29 is 4.79 Å². The molecule has 2 rings (SSSR count). The highest BCUT2D eigenvalue weighted by atomic mass is 16.2. The quantitative estimate of drug-likeness (QED) is 0.760. The number of carbonyl (C=O) groups excluding carboxylic acids is 1. The number of amides is 1. The molecular weight excluding hydrogens is 188 g/mol. The third kappa shape index (κ3) is 2.71. The molecule has 0 aromatic rings. The lowest BCUT2D eigenvalue weighted by Gasteiger charge is -2.29. The zero-order valence-corrected chi connectivity index (χ0v) is 9.67. The number of hydrogen-bond donors (Lipinski definition) is 1. The molecule has 2 fully saturated rings. The smallest absolute Gasteiger partial charge is 0.227 e. The second kappa shape index (κ2) is 4.97. The number of nitrogens with zero attached hydrogens (tertiary/aromatic N) is 1. The minimum Gasteiger partial charge on any atom is -0.339 e. The second-order valence-electron chi connectivity index (χ2n) is 4.81. The molecule has 1 heterocycles. The highest BCUT2D eigenvalue weighted by Crippen LogP contribution is 2.29. The lowest BCUT2D eigenvalue weighted by molar-refractivity contribution is -0.136. The maximum Gasteiger partial charge on any atom is 0.227 e. The molecule has 3 nitrogen and oxygen atoms in total. The van der Waals surface area contributed by atoms with Gasteiger partial charge in [-0.3, -0.25) is 4.79 Å². The molecule has 2 aliphatic rings. The average molecular weight is 210 g/mol. The molecule has 0 aromatic carbocycles. The van der Waals surface area contributed by atoms with E-state index in [4.69, 9.17) is 0 Å². The lowest BCUT2D eigenvalue weighted by atomic mass is 9.98. The summed E-state index contributed by atoms with van der Waals surface area (Å²) in [4.78, 5) is 14.4. The Hall–Kier alpha value is -0.570. The molecule has 86 valence electrons. The second-order valence-corrected chi connectivity index (χ2v) is 4.81. The Morgan fingerprint density at radius 1 is 1.40 bits per heavy atom. The standard InChI is InChI=1S/C12H22N2O/c1-2-8-14(11-5-6-11)12(15)10-4-3-7-13-9-10/h10-11,13H,2-9H2,1H3/t10-/m0/s1. The zero-order chi connectivity index (χ0) is 10.7. The summed E-state index contributed by atoms with van der Waals surface area (Å²) in [5.74, 6) is 0.664.